The van der Waals surface area contributed by atoms with Crippen molar-refractivity contribution >= 4 is 16.1 Å². The van der Waals surface area contributed by atoms with E-state index < -0.39 is 34.1 Å². The summed E-state index contributed by atoms with van der Waals surface area (Å²) in [6.45, 7) is 3.18. The zero-order valence-electron chi connectivity index (χ0n) is 9.19. The summed E-state index contributed by atoms with van der Waals surface area (Å²) < 4.78 is 69.9. The molecular formula is C8H13F3O5S. The molecule has 1 N–H and O–H groups in total. The summed E-state index contributed by atoms with van der Waals surface area (Å²) in [7, 11) is -4.88. The lowest BCUT2D eigenvalue weighted by molar-refractivity contribution is -0.215. The van der Waals surface area contributed by atoms with Crippen LogP contribution in [0.2, 0.25) is 0 Å². The Kier molecular flexibility index (Phi) is 5.40. The molecule has 0 aromatic rings. The summed E-state index contributed by atoms with van der Waals surface area (Å²) >= 11 is 0. The monoisotopic (exact) mass is 278 g/mol. The summed E-state index contributed by atoms with van der Waals surface area (Å²) in [5.74, 6) is -3.08. The molecule has 0 bridgehead atoms. The second kappa shape index (κ2) is 5.67. The van der Waals surface area contributed by atoms with Crippen LogP contribution in [-0.4, -0.2) is 37.0 Å². The molecule has 0 aliphatic carbocycles. The van der Waals surface area contributed by atoms with Crippen LogP contribution in [-0.2, 0) is 19.6 Å². The van der Waals surface area contributed by atoms with Gasteiger partial charge in [-0.3, -0.25) is 9.35 Å². The van der Waals surface area contributed by atoms with Crippen LogP contribution >= 0.6 is 0 Å². The van der Waals surface area contributed by atoms with Crippen LogP contribution in [0.15, 0.2) is 0 Å². The summed E-state index contributed by atoms with van der Waals surface area (Å²) in [4.78, 5) is 11.0. The number of ether oxygens (including phenoxy) is 1. The van der Waals surface area contributed by atoms with Crippen molar-refractivity contribution in [3.8, 4) is 0 Å². The van der Waals surface area contributed by atoms with Gasteiger partial charge in [0, 0.05) is 6.42 Å². The van der Waals surface area contributed by atoms with Gasteiger partial charge in [-0.1, -0.05) is 13.8 Å². The lowest BCUT2D eigenvalue weighted by atomic mass is 10.1. The highest BCUT2D eigenvalue weighted by atomic mass is 32.2. The third-order valence-corrected chi connectivity index (χ3v) is 2.30. The fourth-order valence-corrected chi connectivity index (χ4v) is 1.57. The molecule has 9 heteroatoms. The Morgan fingerprint density at radius 1 is 1.35 bits per heavy atom. The molecule has 0 spiro atoms. The van der Waals surface area contributed by atoms with Crippen LogP contribution in [0.25, 0.3) is 0 Å². The molecule has 0 radical (unpaired) electrons. The van der Waals surface area contributed by atoms with Crippen LogP contribution in [0.1, 0.15) is 20.3 Å². The third kappa shape index (κ3) is 7.97. The lowest BCUT2D eigenvalue weighted by Gasteiger charge is -2.19. The number of hydrogen-bond acceptors (Lipinski definition) is 4. The predicted octanol–water partition coefficient (Wildman–Crippen LogP) is 1.39. The van der Waals surface area contributed by atoms with Crippen LogP contribution in [0.3, 0.4) is 0 Å². The molecule has 0 aromatic heterocycles. The third-order valence-electron chi connectivity index (χ3n) is 1.58. The normalized spacial score (nSPS) is 14.8. The van der Waals surface area contributed by atoms with Gasteiger partial charge in [0.2, 0.25) is 6.10 Å². The number of halogens is 3. The predicted molar refractivity (Wildman–Crippen MR) is 51.8 cm³/mol. The van der Waals surface area contributed by atoms with Crippen LogP contribution < -0.4 is 0 Å². The first kappa shape index (κ1) is 16.2. The molecule has 17 heavy (non-hydrogen) atoms. The Balaban J connectivity index is 4.68. The van der Waals surface area contributed by atoms with E-state index >= 15 is 0 Å². The van der Waals surface area contributed by atoms with Gasteiger partial charge in [0.15, 0.2) is 0 Å². The zero-order valence-corrected chi connectivity index (χ0v) is 10.0. The van der Waals surface area contributed by atoms with Crippen molar-refractivity contribution in [1.29, 1.82) is 0 Å². The fraction of sp³-hybridized carbons (Fsp3) is 0.875. The maximum atomic E-state index is 12.3. The van der Waals surface area contributed by atoms with Gasteiger partial charge in [-0.05, 0) is 5.92 Å². The highest BCUT2D eigenvalue weighted by molar-refractivity contribution is 7.85. The topological polar surface area (TPSA) is 80.7 Å². The molecule has 0 aliphatic heterocycles. The molecule has 0 saturated heterocycles. The van der Waals surface area contributed by atoms with Crippen molar-refractivity contribution in [3.05, 3.63) is 0 Å². The van der Waals surface area contributed by atoms with E-state index in [0.29, 0.717) is 0 Å². The molecule has 0 aliphatic rings. The van der Waals surface area contributed by atoms with Gasteiger partial charge in [-0.15, -0.1) is 0 Å². The Hall–Kier alpha value is -0.830. The summed E-state index contributed by atoms with van der Waals surface area (Å²) in [5, 5.41) is 0. The Bertz CT molecular complexity index is 360. The molecule has 0 saturated carbocycles. The molecule has 0 aromatic carbocycles. The van der Waals surface area contributed by atoms with E-state index in [9.17, 15) is 26.4 Å². The van der Waals surface area contributed by atoms with E-state index in [2.05, 4.69) is 4.74 Å². The number of hydrogen-bond donors (Lipinski definition) is 1. The molecule has 0 heterocycles. The SMILES string of the molecule is CC(C)CC(=O)OC(CS(=O)(=O)O)C(F)(F)F. The van der Waals surface area contributed by atoms with Crippen molar-refractivity contribution in [1.82, 2.24) is 0 Å². The van der Waals surface area contributed by atoms with Crippen LogP contribution in [0.4, 0.5) is 13.2 Å². The van der Waals surface area contributed by atoms with Gasteiger partial charge in [-0.25, -0.2) is 0 Å². The molecule has 1 atom stereocenters. The van der Waals surface area contributed by atoms with Gasteiger partial charge in [-0.2, -0.15) is 21.6 Å². The molecule has 0 amide bonds. The molecule has 5 nitrogen and oxygen atoms in total. The molecule has 0 rings (SSSR count). The van der Waals surface area contributed by atoms with Crippen molar-refractivity contribution in [2.24, 2.45) is 5.92 Å². The van der Waals surface area contributed by atoms with Crippen molar-refractivity contribution in [3.63, 3.8) is 0 Å². The largest absolute Gasteiger partial charge is 0.451 e. The fourth-order valence-electron chi connectivity index (χ4n) is 0.927. The summed E-state index contributed by atoms with van der Waals surface area (Å²) in [5.41, 5.74) is 0. The summed E-state index contributed by atoms with van der Waals surface area (Å²) in [6.07, 6.45) is -8.15. The number of rotatable bonds is 5. The van der Waals surface area contributed by atoms with E-state index in [0.717, 1.165) is 0 Å². The average molecular weight is 278 g/mol. The average Bonchev–Trinajstić information content (AvgIpc) is 1.96. The molecule has 0 fully saturated rings. The molecular weight excluding hydrogens is 265 g/mol. The second-order valence-corrected chi connectivity index (χ2v) is 5.36. The van der Waals surface area contributed by atoms with Crippen molar-refractivity contribution < 1.29 is 35.7 Å². The van der Waals surface area contributed by atoms with Crippen molar-refractivity contribution in [2.75, 3.05) is 5.75 Å². The van der Waals surface area contributed by atoms with E-state index in [1.807, 2.05) is 0 Å². The van der Waals surface area contributed by atoms with Gasteiger partial charge in [0.1, 0.15) is 5.75 Å². The van der Waals surface area contributed by atoms with Gasteiger partial charge >= 0.3 is 12.1 Å². The minimum Gasteiger partial charge on any atom is -0.451 e. The maximum Gasteiger partial charge on any atom is 0.426 e. The van der Waals surface area contributed by atoms with Crippen LogP contribution in [0, 0.1) is 5.92 Å². The Morgan fingerprint density at radius 2 is 1.82 bits per heavy atom. The first-order chi connectivity index (χ1) is 7.42. The van der Waals surface area contributed by atoms with E-state index in [1.54, 1.807) is 13.8 Å². The minimum absolute atomic E-state index is 0.220. The molecule has 102 valence electrons. The number of carbonyl (C=O) groups excluding carboxylic acids is 1. The first-order valence-corrected chi connectivity index (χ1v) is 6.24. The highest BCUT2D eigenvalue weighted by Crippen LogP contribution is 2.24. The first-order valence-electron chi connectivity index (χ1n) is 4.63. The van der Waals surface area contributed by atoms with E-state index in [4.69, 9.17) is 4.55 Å². The van der Waals surface area contributed by atoms with E-state index in [1.165, 1.54) is 0 Å². The highest BCUT2D eigenvalue weighted by Gasteiger charge is 2.45. The lowest BCUT2D eigenvalue weighted by Crippen LogP contribution is -2.39. The van der Waals surface area contributed by atoms with Gasteiger partial charge in [0.25, 0.3) is 10.1 Å². The van der Waals surface area contributed by atoms with Crippen LogP contribution in [0.5, 0.6) is 0 Å². The standard InChI is InChI=1S/C8H13F3O5S/c1-5(2)3-7(12)16-6(8(9,10)11)4-17(13,14)15/h5-6H,3-4H2,1-2H3,(H,13,14,15). The number of alkyl halides is 3. The Labute approximate surface area is 96.7 Å². The smallest absolute Gasteiger partial charge is 0.426 e. The maximum absolute atomic E-state index is 12.3. The van der Waals surface area contributed by atoms with Crippen molar-refractivity contribution in [2.45, 2.75) is 32.5 Å². The number of esters is 1. The number of carbonyl (C=O) groups is 1. The van der Waals surface area contributed by atoms with Gasteiger partial charge in [0.05, 0.1) is 0 Å². The zero-order chi connectivity index (χ0) is 13.9. The Morgan fingerprint density at radius 3 is 2.12 bits per heavy atom. The molecule has 1 unspecified atom stereocenters. The second-order valence-electron chi connectivity index (χ2n) is 3.87. The summed E-state index contributed by atoms with van der Waals surface area (Å²) in [6, 6.07) is 0. The van der Waals surface area contributed by atoms with E-state index in [-0.39, 0.29) is 12.3 Å². The quantitative estimate of drug-likeness (QED) is 0.607. The minimum atomic E-state index is -5.04. The van der Waals surface area contributed by atoms with Gasteiger partial charge < -0.3 is 4.74 Å².